The minimum atomic E-state index is -1.25. The number of carbonyl (C=O) groups is 4. The highest BCUT2D eigenvalue weighted by molar-refractivity contribution is 6.40. The molecule has 2 aliphatic carbocycles. The van der Waals surface area contributed by atoms with Gasteiger partial charge < -0.3 is 21.1 Å². The summed E-state index contributed by atoms with van der Waals surface area (Å²) in [4.78, 5) is 58.1. The van der Waals surface area contributed by atoms with E-state index in [2.05, 4.69) is 20.9 Å². The van der Waals surface area contributed by atoms with Crippen LogP contribution in [0.4, 0.5) is 16.2 Å². The number of nitrogens with one attached hydrogen (secondary N) is 3. The zero-order valence-corrected chi connectivity index (χ0v) is 28.9. The van der Waals surface area contributed by atoms with E-state index >= 15 is 0 Å². The summed E-state index contributed by atoms with van der Waals surface area (Å²) in [6.07, 6.45) is 13.7. The molecule has 260 valence electrons. The zero-order valence-electron chi connectivity index (χ0n) is 27.4. The number of urea groups is 1. The highest BCUT2D eigenvalue weighted by Crippen LogP contribution is 2.29. The molecule has 1 heterocycles. The van der Waals surface area contributed by atoms with Gasteiger partial charge in [0.1, 0.15) is 6.04 Å². The van der Waals surface area contributed by atoms with Crippen LogP contribution in [0.3, 0.4) is 0 Å². The van der Waals surface area contributed by atoms with Gasteiger partial charge in [0.15, 0.2) is 0 Å². The first kappa shape index (κ1) is 36.1. The maximum atomic E-state index is 14.0. The monoisotopic (exact) mass is 707 g/mol. The zero-order chi connectivity index (χ0) is 34.8. The lowest BCUT2D eigenvalue weighted by Crippen LogP contribution is -2.51. The van der Waals surface area contributed by atoms with Crippen LogP contribution in [0.1, 0.15) is 90.5 Å². The number of nitrogens with zero attached hydrogens (tertiary/aromatic N) is 2. The van der Waals surface area contributed by atoms with Gasteiger partial charge in [-0.25, -0.2) is 9.59 Å². The Labute approximate surface area is 297 Å². The molecule has 4 amide bonds. The third-order valence-corrected chi connectivity index (χ3v) is 10.0. The molecule has 1 atom stereocenters. The molecular weight excluding hydrogens is 665 g/mol. The molecule has 0 radical (unpaired) electrons. The summed E-state index contributed by atoms with van der Waals surface area (Å²) < 4.78 is 0. The molecule has 12 heteroatoms. The van der Waals surface area contributed by atoms with Crippen molar-refractivity contribution in [2.75, 3.05) is 23.3 Å². The maximum Gasteiger partial charge on any atom is 0.326 e. The maximum absolute atomic E-state index is 14.0. The van der Waals surface area contributed by atoms with Crippen LogP contribution in [-0.2, 0) is 11.2 Å². The summed E-state index contributed by atoms with van der Waals surface area (Å²) in [5, 5.41) is 18.9. The Morgan fingerprint density at radius 2 is 1.43 bits per heavy atom. The number of halogens is 2. The standard InChI is InChI=1S/C37H43Cl2N5O5/c38-29-21-40-22-30(39)33(29)35(46)42-27-17-15-24(16-18-27)19-31(36(47)48)43-37(49)44(23-26-11-5-2-6-12-26)32-14-8-7-13-28(32)34(45)41-20-25-9-3-1-4-10-25/h7-8,13-18,21-22,25-26,31H,1-6,9-12,19-20,23H2,(H,41,45)(H,42,46)(H,43,49)(H,47,48)/t31-/m0/s1. The quantitative estimate of drug-likeness (QED) is 0.152. The largest absolute Gasteiger partial charge is 0.480 e. The average molecular weight is 709 g/mol. The molecule has 3 aromatic rings. The number of carboxylic acid groups (broad SMARTS) is 1. The van der Waals surface area contributed by atoms with Crippen LogP contribution in [0.15, 0.2) is 60.9 Å². The first-order valence-electron chi connectivity index (χ1n) is 17.1. The summed E-state index contributed by atoms with van der Waals surface area (Å²) in [6, 6.07) is 11.9. The van der Waals surface area contributed by atoms with E-state index in [0.29, 0.717) is 41.5 Å². The van der Waals surface area contributed by atoms with Crippen LogP contribution in [0.25, 0.3) is 0 Å². The van der Waals surface area contributed by atoms with Gasteiger partial charge in [-0.05, 0) is 67.3 Å². The molecule has 0 spiro atoms. The van der Waals surface area contributed by atoms with Crippen LogP contribution in [-0.4, -0.2) is 53.0 Å². The fourth-order valence-electron chi connectivity index (χ4n) is 6.75. The van der Waals surface area contributed by atoms with Crippen molar-refractivity contribution in [1.82, 2.24) is 15.6 Å². The van der Waals surface area contributed by atoms with Crippen molar-refractivity contribution in [2.45, 2.75) is 76.7 Å². The van der Waals surface area contributed by atoms with Gasteiger partial charge in [0.2, 0.25) is 0 Å². The summed E-state index contributed by atoms with van der Waals surface area (Å²) in [6.45, 7) is 0.974. The first-order valence-corrected chi connectivity index (χ1v) is 17.8. The van der Waals surface area contributed by atoms with Gasteiger partial charge in [-0.15, -0.1) is 0 Å². The number of aliphatic carboxylic acids is 1. The molecular formula is C37H43Cl2N5O5. The van der Waals surface area contributed by atoms with Crippen molar-refractivity contribution in [1.29, 1.82) is 0 Å². The van der Waals surface area contributed by atoms with Crippen molar-refractivity contribution in [3.05, 3.63) is 87.7 Å². The van der Waals surface area contributed by atoms with Gasteiger partial charge in [-0.1, -0.05) is 86.0 Å². The Morgan fingerprint density at radius 1 is 0.816 bits per heavy atom. The molecule has 10 nitrogen and oxygen atoms in total. The third-order valence-electron chi connectivity index (χ3n) is 9.45. The second kappa shape index (κ2) is 17.5. The lowest BCUT2D eigenvalue weighted by atomic mass is 9.88. The summed E-state index contributed by atoms with van der Waals surface area (Å²) in [5.41, 5.74) is 2.03. The smallest absolute Gasteiger partial charge is 0.326 e. The van der Waals surface area contributed by atoms with Crippen LogP contribution >= 0.6 is 23.2 Å². The number of para-hydroxylation sites is 1. The highest BCUT2D eigenvalue weighted by Gasteiger charge is 2.29. The van der Waals surface area contributed by atoms with Crippen molar-refractivity contribution in [2.24, 2.45) is 11.8 Å². The molecule has 4 N–H and O–H groups in total. The lowest BCUT2D eigenvalue weighted by molar-refractivity contribution is -0.139. The number of carboxylic acids is 1. The molecule has 2 aliphatic rings. The minimum Gasteiger partial charge on any atom is -0.480 e. The Morgan fingerprint density at radius 3 is 2.06 bits per heavy atom. The number of amides is 4. The van der Waals surface area contributed by atoms with Crippen molar-refractivity contribution < 1.29 is 24.3 Å². The number of hydrogen-bond acceptors (Lipinski definition) is 5. The van der Waals surface area contributed by atoms with Gasteiger partial charge >= 0.3 is 12.0 Å². The Hall–Kier alpha value is -4.15. The van der Waals surface area contributed by atoms with Gasteiger partial charge in [0, 0.05) is 37.6 Å². The highest BCUT2D eigenvalue weighted by atomic mass is 35.5. The summed E-state index contributed by atoms with van der Waals surface area (Å²) in [7, 11) is 0. The van der Waals surface area contributed by atoms with Gasteiger partial charge in [-0.2, -0.15) is 0 Å². The number of carbonyl (C=O) groups excluding carboxylic acids is 3. The fraction of sp³-hybridized carbons (Fsp3) is 0.432. The number of pyridine rings is 1. The number of hydrogen-bond donors (Lipinski definition) is 4. The fourth-order valence-corrected chi connectivity index (χ4v) is 7.29. The Bertz CT molecular complexity index is 1600. The molecule has 2 fully saturated rings. The van der Waals surface area contributed by atoms with Crippen molar-refractivity contribution in [3.63, 3.8) is 0 Å². The second-order valence-corrected chi connectivity index (χ2v) is 13.8. The number of rotatable bonds is 12. The van der Waals surface area contributed by atoms with Crippen molar-refractivity contribution >= 4 is 58.4 Å². The molecule has 0 bridgehead atoms. The Balaban J connectivity index is 1.30. The number of anilines is 2. The van der Waals surface area contributed by atoms with E-state index in [9.17, 15) is 24.3 Å². The van der Waals surface area contributed by atoms with Gasteiger partial charge in [0.05, 0.1) is 26.9 Å². The van der Waals surface area contributed by atoms with Crippen LogP contribution in [0.2, 0.25) is 10.0 Å². The first-order chi connectivity index (χ1) is 23.7. The van der Waals surface area contributed by atoms with Crippen LogP contribution in [0, 0.1) is 11.8 Å². The summed E-state index contributed by atoms with van der Waals surface area (Å²) >= 11 is 12.2. The van der Waals surface area contributed by atoms with Crippen LogP contribution < -0.4 is 20.9 Å². The predicted molar refractivity (Wildman–Crippen MR) is 192 cm³/mol. The molecule has 0 aliphatic heterocycles. The molecule has 2 saturated carbocycles. The summed E-state index contributed by atoms with van der Waals surface area (Å²) in [5.74, 6) is -1.25. The molecule has 5 rings (SSSR count). The van der Waals surface area contributed by atoms with Crippen molar-refractivity contribution in [3.8, 4) is 0 Å². The third kappa shape index (κ3) is 9.95. The Kier molecular flexibility index (Phi) is 12.9. The molecule has 49 heavy (non-hydrogen) atoms. The molecule has 0 unspecified atom stereocenters. The SMILES string of the molecule is O=C(NCC1CCCCC1)c1ccccc1N(CC1CCCCC1)C(=O)N[C@@H](Cc1ccc(NC(=O)c2c(Cl)cncc2Cl)cc1)C(=O)O. The van der Waals surface area contributed by atoms with Gasteiger partial charge in [0.25, 0.3) is 11.8 Å². The number of aromatic nitrogens is 1. The van der Waals surface area contributed by atoms with E-state index in [0.717, 1.165) is 44.9 Å². The van der Waals surface area contributed by atoms with E-state index in [1.807, 2.05) is 0 Å². The minimum absolute atomic E-state index is 0.00188. The molecule has 2 aromatic carbocycles. The normalized spacial score (nSPS) is 16.0. The molecule has 0 saturated heterocycles. The molecule has 1 aromatic heterocycles. The topological polar surface area (TPSA) is 141 Å². The average Bonchev–Trinajstić information content (AvgIpc) is 3.11. The number of benzene rings is 2. The van der Waals surface area contributed by atoms with Crippen LogP contribution in [0.5, 0.6) is 0 Å². The van der Waals surface area contributed by atoms with E-state index < -0.39 is 23.9 Å². The van der Waals surface area contributed by atoms with E-state index in [1.165, 1.54) is 31.7 Å². The van der Waals surface area contributed by atoms with E-state index in [-0.39, 0.29) is 33.9 Å². The second-order valence-electron chi connectivity index (χ2n) is 13.0. The lowest BCUT2D eigenvalue weighted by Gasteiger charge is -2.32. The van der Waals surface area contributed by atoms with Gasteiger partial charge in [-0.3, -0.25) is 19.5 Å². The predicted octanol–water partition coefficient (Wildman–Crippen LogP) is 7.74. The van der Waals surface area contributed by atoms with E-state index in [4.69, 9.17) is 23.2 Å². The van der Waals surface area contributed by atoms with E-state index in [1.54, 1.807) is 53.4 Å².